The highest BCUT2D eigenvalue weighted by Gasteiger charge is 2.21. The molecule has 5 rings (SSSR count). The van der Waals surface area contributed by atoms with Crippen molar-refractivity contribution in [3.05, 3.63) is 20.8 Å². The van der Waals surface area contributed by atoms with Crippen LogP contribution in [0.4, 0.5) is 0 Å². The fourth-order valence-corrected chi connectivity index (χ4v) is 12.0. The molecule has 5 aromatic heterocycles. The van der Waals surface area contributed by atoms with Gasteiger partial charge in [-0.3, -0.25) is 0 Å². The molecule has 28 heavy (non-hydrogen) atoms. The molecule has 6 heteroatoms. The zero-order chi connectivity index (χ0) is 19.1. The third-order valence-electron chi connectivity index (χ3n) is 5.47. The minimum Gasteiger partial charge on any atom is -0.141 e. The van der Waals surface area contributed by atoms with E-state index in [0.29, 0.717) is 0 Å². The Morgan fingerprint density at radius 3 is 2.07 bits per heavy atom. The van der Waals surface area contributed by atoms with Crippen molar-refractivity contribution >= 4 is 110 Å². The van der Waals surface area contributed by atoms with Gasteiger partial charge in [0.05, 0.1) is 36.7 Å². The van der Waals surface area contributed by atoms with Gasteiger partial charge < -0.3 is 0 Å². The third-order valence-corrected chi connectivity index (χ3v) is 13.0. The average Bonchev–Trinajstić information content (AvgIpc) is 3.44. The summed E-state index contributed by atoms with van der Waals surface area (Å²) in [4.78, 5) is 0. The number of fused-ring (bicyclic) bond motifs is 7. The molecule has 0 fully saturated rings. The number of hydrogen-bond donors (Lipinski definition) is 0. The maximum atomic E-state index is 3.89. The van der Waals surface area contributed by atoms with Crippen LogP contribution in [-0.4, -0.2) is 0 Å². The number of rotatable bonds is 9. The molecule has 0 bridgehead atoms. The van der Waals surface area contributed by atoms with Crippen molar-refractivity contribution in [2.45, 2.75) is 64.7 Å². The highest BCUT2D eigenvalue weighted by Crippen LogP contribution is 2.54. The van der Waals surface area contributed by atoms with Gasteiger partial charge in [-0.05, 0) is 45.8 Å². The Balaban J connectivity index is 1.34. The van der Waals surface area contributed by atoms with Gasteiger partial charge in [-0.2, -0.15) is 0 Å². The lowest BCUT2D eigenvalue weighted by Gasteiger charge is -2.02. The predicted molar refractivity (Wildman–Crippen MR) is 140 cm³/mol. The Bertz CT molecular complexity index is 1230. The van der Waals surface area contributed by atoms with Crippen LogP contribution in [0.1, 0.15) is 63.9 Å². The van der Waals surface area contributed by atoms with E-state index in [1.807, 2.05) is 56.7 Å². The van der Waals surface area contributed by atoms with Crippen LogP contribution in [0.3, 0.4) is 0 Å². The zero-order valence-electron chi connectivity index (χ0n) is 15.9. The maximum Gasteiger partial charge on any atom is 0.0751 e. The number of hydrogen-bond acceptors (Lipinski definition) is 5. The smallest absolute Gasteiger partial charge is 0.0751 e. The number of aryl methyl sites for hydroxylation is 1. The second-order valence-corrected chi connectivity index (χ2v) is 13.8. The van der Waals surface area contributed by atoms with E-state index < -0.39 is 0 Å². The molecule has 0 saturated heterocycles. The Kier molecular flexibility index (Phi) is 6.16. The fraction of sp³-hybridized carbons (Fsp3) is 0.455. The van der Waals surface area contributed by atoms with Gasteiger partial charge in [0.15, 0.2) is 0 Å². The van der Waals surface area contributed by atoms with Gasteiger partial charge in [-0.1, -0.05) is 51.9 Å². The maximum absolute atomic E-state index is 3.89. The number of thiophene rings is 5. The highest BCUT2D eigenvalue weighted by atomic mass is 79.9. The first-order valence-corrected chi connectivity index (χ1v) is 15.1. The molecule has 0 aliphatic rings. The van der Waals surface area contributed by atoms with E-state index in [1.165, 1.54) is 89.8 Å². The summed E-state index contributed by atoms with van der Waals surface area (Å²) in [5.41, 5.74) is 1.57. The summed E-state index contributed by atoms with van der Waals surface area (Å²) in [6, 6.07) is 2.28. The minimum atomic E-state index is 1.23. The average molecular weight is 528 g/mol. The fourth-order valence-electron chi connectivity index (χ4n) is 3.97. The van der Waals surface area contributed by atoms with Crippen molar-refractivity contribution in [1.82, 2.24) is 0 Å². The first-order chi connectivity index (χ1) is 13.8. The molecule has 0 amide bonds. The monoisotopic (exact) mass is 526 g/mol. The normalized spacial score (nSPS) is 12.5. The van der Waals surface area contributed by atoms with Crippen LogP contribution in [0, 0.1) is 0 Å². The summed E-state index contributed by atoms with van der Waals surface area (Å²) in [6.45, 7) is 2.29. The summed E-state index contributed by atoms with van der Waals surface area (Å²) < 4.78 is 13.5. The lowest BCUT2D eigenvalue weighted by atomic mass is 10.1. The Morgan fingerprint density at radius 1 is 0.679 bits per heavy atom. The molecule has 5 aromatic rings. The van der Waals surface area contributed by atoms with Gasteiger partial charge in [0.2, 0.25) is 0 Å². The van der Waals surface area contributed by atoms with Crippen LogP contribution < -0.4 is 0 Å². The predicted octanol–water partition coefficient (Wildman–Crippen LogP) is 11.1. The van der Waals surface area contributed by atoms with Crippen LogP contribution in [0.2, 0.25) is 0 Å². The SMILES string of the molecule is CCCCCCCCCCc1c(Br)sc2c1sc1c2sc2c3sccc3sc21. The Hall–Kier alpha value is 0.0200. The lowest BCUT2D eigenvalue weighted by molar-refractivity contribution is 0.576. The second-order valence-electron chi connectivity index (χ2n) is 7.47. The van der Waals surface area contributed by atoms with Crippen LogP contribution in [0.5, 0.6) is 0 Å². The van der Waals surface area contributed by atoms with E-state index in [4.69, 9.17) is 0 Å². The molecule has 0 saturated carbocycles. The first kappa shape index (κ1) is 20.0. The molecule has 0 aliphatic heterocycles. The molecule has 0 nitrogen and oxygen atoms in total. The van der Waals surface area contributed by atoms with Gasteiger partial charge in [0, 0.05) is 4.70 Å². The summed E-state index contributed by atoms with van der Waals surface area (Å²) in [5, 5.41) is 2.23. The Morgan fingerprint density at radius 2 is 1.29 bits per heavy atom. The minimum absolute atomic E-state index is 1.23. The molecular weight excluding hydrogens is 504 g/mol. The van der Waals surface area contributed by atoms with E-state index in [0.717, 1.165) is 0 Å². The number of unbranched alkanes of at least 4 members (excludes halogenated alkanes) is 7. The van der Waals surface area contributed by atoms with Gasteiger partial charge in [-0.25, -0.2) is 0 Å². The van der Waals surface area contributed by atoms with Crippen molar-refractivity contribution < 1.29 is 0 Å². The van der Waals surface area contributed by atoms with Crippen molar-refractivity contribution in [2.75, 3.05) is 0 Å². The molecule has 0 aromatic carbocycles. The van der Waals surface area contributed by atoms with Crippen molar-refractivity contribution in [1.29, 1.82) is 0 Å². The van der Waals surface area contributed by atoms with Crippen LogP contribution in [0.15, 0.2) is 15.2 Å². The Labute approximate surface area is 194 Å². The number of halogens is 1. The van der Waals surface area contributed by atoms with Gasteiger partial charge in [0.1, 0.15) is 0 Å². The second kappa shape index (κ2) is 8.64. The van der Waals surface area contributed by atoms with Crippen molar-refractivity contribution in [2.24, 2.45) is 0 Å². The van der Waals surface area contributed by atoms with E-state index in [1.54, 1.807) is 15.0 Å². The van der Waals surface area contributed by atoms with E-state index in [2.05, 4.69) is 34.3 Å². The summed E-state index contributed by atoms with van der Waals surface area (Å²) in [6.07, 6.45) is 12.4. The molecule has 0 atom stereocenters. The van der Waals surface area contributed by atoms with E-state index in [9.17, 15) is 0 Å². The van der Waals surface area contributed by atoms with Crippen LogP contribution in [0.25, 0.3) is 37.6 Å². The van der Waals surface area contributed by atoms with E-state index >= 15 is 0 Å². The summed E-state index contributed by atoms with van der Waals surface area (Å²) >= 11 is 13.8. The quantitative estimate of drug-likeness (QED) is 0.167. The molecule has 5 heterocycles. The molecule has 0 aliphatic carbocycles. The molecule has 0 N–H and O–H groups in total. The summed E-state index contributed by atoms with van der Waals surface area (Å²) in [7, 11) is 0. The standard InChI is InChI=1S/C22H23BrS5/c1-2-3-4-5-6-7-8-9-10-13-15-17(28-22(13)23)20-21(26-15)19-18(27-20)16-14(25-19)11-12-24-16/h11-12H,2-10H2,1H3. The first-order valence-electron chi connectivity index (χ1n) is 10.2. The molecule has 0 unspecified atom stereocenters. The van der Waals surface area contributed by atoms with E-state index in [-0.39, 0.29) is 0 Å². The molecule has 148 valence electrons. The van der Waals surface area contributed by atoms with Gasteiger partial charge in [0.25, 0.3) is 0 Å². The van der Waals surface area contributed by atoms with Gasteiger partial charge in [-0.15, -0.1) is 56.7 Å². The molecular formula is C22H23BrS5. The zero-order valence-corrected chi connectivity index (χ0v) is 21.6. The van der Waals surface area contributed by atoms with Crippen molar-refractivity contribution in [3.63, 3.8) is 0 Å². The topological polar surface area (TPSA) is 0 Å². The summed E-state index contributed by atoms with van der Waals surface area (Å²) in [5.74, 6) is 0. The van der Waals surface area contributed by atoms with Crippen LogP contribution in [-0.2, 0) is 6.42 Å². The van der Waals surface area contributed by atoms with Crippen LogP contribution >= 0.6 is 72.6 Å². The highest BCUT2D eigenvalue weighted by molar-refractivity contribution is 9.11. The van der Waals surface area contributed by atoms with Gasteiger partial charge >= 0.3 is 0 Å². The lowest BCUT2D eigenvalue weighted by Crippen LogP contribution is -1.85. The molecule has 0 radical (unpaired) electrons. The largest absolute Gasteiger partial charge is 0.141 e. The third kappa shape index (κ3) is 3.52. The molecule has 0 spiro atoms. The van der Waals surface area contributed by atoms with Crippen molar-refractivity contribution in [3.8, 4) is 0 Å².